The molecule has 2 amide bonds. The van der Waals surface area contributed by atoms with Gasteiger partial charge in [0, 0.05) is 39.3 Å². The Balaban J connectivity index is 1.81. The number of piperidine rings is 1. The largest absolute Gasteiger partial charge is 0.396 e. The molecule has 5 nitrogen and oxygen atoms in total. The third kappa shape index (κ3) is 7.04. The lowest BCUT2D eigenvalue weighted by Crippen LogP contribution is -2.44. The Hall–Kier alpha value is -1.59. The Morgan fingerprint density at radius 3 is 2.80 bits per heavy atom. The summed E-state index contributed by atoms with van der Waals surface area (Å²) < 4.78 is 0. The molecule has 0 bridgehead atoms. The number of aryl methyl sites for hydroxylation is 1. The molecule has 1 saturated heterocycles. The highest BCUT2D eigenvalue weighted by atomic mass is 16.3. The van der Waals surface area contributed by atoms with Gasteiger partial charge in [-0.1, -0.05) is 36.8 Å². The summed E-state index contributed by atoms with van der Waals surface area (Å²) in [5.74, 6) is 0.757. The summed E-state index contributed by atoms with van der Waals surface area (Å²) in [6.45, 7) is 9.45. The number of urea groups is 1. The molecule has 0 saturated carbocycles. The summed E-state index contributed by atoms with van der Waals surface area (Å²) in [6, 6.07) is 8.20. The van der Waals surface area contributed by atoms with Gasteiger partial charge in [0.05, 0.1) is 0 Å². The molecule has 1 aromatic carbocycles. The minimum absolute atomic E-state index is 0.0425. The van der Waals surface area contributed by atoms with Gasteiger partial charge in [-0.3, -0.25) is 0 Å². The number of hydrogen-bond donors (Lipinski definition) is 2. The van der Waals surface area contributed by atoms with Gasteiger partial charge in [0.25, 0.3) is 0 Å². The maximum Gasteiger partial charge on any atom is 0.317 e. The first-order chi connectivity index (χ1) is 12.1. The van der Waals surface area contributed by atoms with Crippen molar-refractivity contribution in [3.8, 4) is 0 Å². The molecule has 1 atom stereocenters. The van der Waals surface area contributed by atoms with E-state index in [-0.39, 0.29) is 12.6 Å². The number of rotatable bonds is 8. The first-order valence-electron chi connectivity index (χ1n) is 9.50. The molecule has 5 heteroatoms. The van der Waals surface area contributed by atoms with E-state index >= 15 is 0 Å². The van der Waals surface area contributed by atoms with Crippen LogP contribution in [0.2, 0.25) is 0 Å². The predicted octanol–water partition coefficient (Wildman–Crippen LogP) is 2.62. The van der Waals surface area contributed by atoms with Crippen LogP contribution in [0.4, 0.5) is 4.79 Å². The van der Waals surface area contributed by atoms with Crippen molar-refractivity contribution < 1.29 is 9.90 Å². The fourth-order valence-corrected chi connectivity index (χ4v) is 3.35. The van der Waals surface area contributed by atoms with Gasteiger partial charge in [0.2, 0.25) is 0 Å². The average Bonchev–Trinajstić information content (AvgIpc) is 2.60. The molecule has 1 aliphatic rings. The van der Waals surface area contributed by atoms with E-state index < -0.39 is 0 Å². The average molecular weight is 348 g/mol. The fourth-order valence-electron chi connectivity index (χ4n) is 3.35. The van der Waals surface area contributed by atoms with Gasteiger partial charge in [-0.2, -0.15) is 0 Å². The molecule has 0 unspecified atom stereocenters. The lowest BCUT2D eigenvalue weighted by Gasteiger charge is -2.31. The third-order valence-corrected chi connectivity index (χ3v) is 4.81. The second-order valence-electron chi connectivity index (χ2n) is 7.26. The van der Waals surface area contributed by atoms with Crippen molar-refractivity contribution in [2.75, 3.05) is 39.3 Å². The summed E-state index contributed by atoms with van der Waals surface area (Å²) in [4.78, 5) is 16.8. The van der Waals surface area contributed by atoms with E-state index in [0.717, 1.165) is 31.1 Å². The molecule has 1 fully saturated rings. The van der Waals surface area contributed by atoms with Crippen molar-refractivity contribution in [1.29, 1.82) is 0 Å². The first-order valence-corrected chi connectivity index (χ1v) is 9.50. The minimum Gasteiger partial charge on any atom is -0.396 e. The van der Waals surface area contributed by atoms with Crippen LogP contribution in [-0.2, 0) is 6.54 Å². The van der Waals surface area contributed by atoms with Crippen molar-refractivity contribution in [2.45, 2.75) is 39.7 Å². The van der Waals surface area contributed by atoms with E-state index in [4.69, 9.17) is 5.11 Å². The predicted molar refractivity (Wildman–Crippen MR) is 102 cm³/mol. The van der Waals surface area contributed by atoms with Crippen LogP contribution < -0.4 is 5.32 Å². The molecule has 0 aromatic heterocycles. The van der Waals surface area contributed by atoms with Crippen LogP contribution >= 0.6 is 0 Å². The van der Waals surface area contributed by atoms with Gasteiger partial charge in [-0.15, -0.1) is 0 Å². The number of likely N-dealkylation sites (tertiary alicyclic amines) is 1. The van der Waals surface area contributed by atoms with Gasteiger partial charge in [-0.05, 0) is 44.2 Å². The lowest BCUT2D eigenvalue weighted by atomic mass is 10.0. The SMILES string of the molecule is Cc1ccc(CN(CCCO)C(=O)NCCN2CCC[C@H](C)C2)cc1. The zero-order valence-electron chi connectivity index (χ0n) is 15.7. The molecule has 1 aliphatic heterocycles. The number of aliphatic hydroxyl groups is 1. The van der Waals surface area contributed by atoms with Crippen molar-refractivity contribution in [1.82, 2.24) is 15.1 Å². The third-order valence-electron chi connectivity index (χ3n) is 4.81. The molecule has 2 N–H and O–H groups in total. The van der Waals surface area contributed by atoms with E-state index in [1.165, 1.54) is 18.4 Å². The Morgan fingerprint density at radius 1 is 1.36 bits per heavy atom. The molecular formula is C20H33N3O2. The maximum absolute atomic E-state index is 12.5. The van der Waals surface area contributed by atoms with Crippen LogP contribution in [0.1, 0.15) is 37.3 Å². The molecule has 1 aromatic rings. The molecule has 25 heavy (non-hydrogen) atoms. The van der Waals surface area contributed by atoms with E-state index in [0.29, 0.717) is 26.1 Å². The van der Waals surface area contributed by atoms with Gasteiger partial charge in [0.1, 0.15) is 0 Å². The molecule has 2 rings (SSSR count). The van der Waals surface area contributed by atoms with Gasteiger partial charge in [0.15, 0.2) is 0 Å². The molecule has 0 spiro atoms. The standard InChI is InChI=1S/C20H33N3O2/c1-17-6-8-19(9-7-17)16-23(12-4-14-24)20(25)21-10-13-22-11-3-5-18(2)15-22/h6-9,18,24H,3-5,10-16H2,1-2H3,(H,21,25)/t18-/m0/s1. The first kappa shape index (κ1) is 19.7. The second-order valence-corrected chi connectivity index (χ2v) is 7.26. The molecule has 0 aliphatic carbocycles. The summed E-state index contributed by atoms with van der Waals surface area (Å²) in [7, 11) is 0. The zero-order valence-corrected chi connectivity index (χ0v) is 15.7. The van der Waals surface area contributed by atoms with Crippen LogP contribution in [0.5, 0.6) is 0 Å². The topological polar surface area (TPSA) is 55.8 Å². The van der Waals surface area contributed by atoms with Crippen molar-refractivity contribution in [3.63, 3.8) is 0 Å². The second kappa shape index (κ2) is 10.4. The van der Waals surface area contributed by atoms with Crippen LogP contribution in [0.3, 0.4) is 0 Å². The molecule has 140 valence electrons. The number of nitrogens with zero attached hydrogens (tertiary/aromatic N) is 2. The Morgan fingerprint density at radius 2 is 2.12 bits per heavy atom. The van der Waals surface area contributed by atoms with E-state index in [1.54, 1.807) is 4.90 Å². The normalized spacial score (nSPS) is 18.1. The summed E-state index contributed by atoms with van der Waals surface area (Å²) >= 11 is 0. The van der Waals surface area contributed by atoms with E-state index in [1.807, 2.05) is 0 Å². The number of carbonyl (C=O) groups is 1. The summed E-state index contributed by atoms with van der Waals surface area (Å²) in [5.41, 5.74) is 2.33. The number of carbonyl (C=O) groups excluding carboxylic acids is 1. The highest BCUT2D eigenvalue weighted by Crippen LogP contribution is 2.14. The van der Waals surface area contributed by atoms with Crippen LogP contribution in [0.25, 0.3) is 0 Å². The Labute approximate surface area is 152 Å². The van der Waals surface area contributed by atoms with E-state index in [2.05, 4.69) is 48.3 Å². The van der Waals surface area contributed by atoms with E-state index in [9.17, 15) is 4.79 Å². The number of benzene rings is 1. The van der Waals surface area contributed by atoms with Crippen LogP contribution in [-0.4, -0.2) is 60.3 Å². The van der Waals surface area contributed by atoms with Crippen LogP contribution in [0.15, 0.2) is 24.3 Å². The number of nitrogens with one attached hydrogen (secondary N) is 1. The quantitative estimate of drug-likeness (QED) is 0.760. The zero-order chi connectivity index (χ0) is 18.1. The summed E-state index contributed by atoms with van der Waals surface area (Å²) in [6.07, 6.45) is 3.17. The Kier molecular flexibility index (Phi) is 8.22. The van der Waals surface area contributed by atoms with Gasteiger partial charge >= 0.3 is 6.03 Å². The number of aliphatic hydroxyl groups excluding tert-OH is 1. The molecule has 1 heterocycles. The molecular weight excluding hydrogens is 314 g/mol. The van der Waals surface area contributed by atoms with Crippen LogP contribution in [0, 0.1) is 12.8 Å². The van der Waals surface area contributed by atoms with Crippen molar-refractivity contribution >= 4 is 6.03 Å². The number of amides is 2. The maximum atomic E-state index is 12.5. The fraction of sp³-hybridized carbons (Fsp3) is 0.650. The van der Waals surface area contributed by atoms with Crippen molar-refractivity contribution in [2.24, 2.45) is 5.92 Å². The lowest BCUT2D eigenvalue weighted by molar-refractivity contribution is 0.172. The van der Waals surface area contributed by atoms with Crippen molar-refractivity contribution in [3.05, 3.63) is 35.4 Å². The summed E-state index contributed by atoms with van der Waals surface area (Å²) in [5, 5.41) is 12.2. The Bertz CT molecular complexity index is 518. The van der Waals surface area contributed by atoms with Gasteiger partial charge < -0.3 is 20.2 Å². The highest BCUT2D eigenvalue weighted by Gasteiger charge is 2.17. The van der Waals surface area contributed by atoms with Gasteiger partial charge in [-0.25, -0.2) is 4.79 Å². The number of hydrogen-bond acceptors (Lipinski definition) is 3. The monoisotopic (exact) mass is 347 g/mol. The smallest absolute Gasteiger partial charge is 0.317 e. The highest BCUT2D eigenvalue weighted by molar-refractivity contribution is 5.74. The molecule has 0 radical (unpaired) electrons. The minimum atomic E-state index is -0.0425.